The molecule has 3 rings (SSSR count). The van der Waals surface area contributed by atoms with Crippen molar-refractivity contribution in [1.82, 2.24) is 20.2 Å². The molecule has 0 spiro atoms. The molecule has 3 aromatic rings. The second kappa shape index (κ2) is 6.77. The quantitative estimate of drug-likeness (QED) is 0.713. The van der Waals surface area contributed by atoms with Gasteiger partial charge in [-0.25, -0.2) is 0 Å². The molecule has 5 nitrogen and oxygen atoms in total. The van der Waals surface area contributed by atoms with Crippen molar-refractivity contribution in [3.8, 4) is 17.1 Å². The van der Waals surface area contributed by atoms with E-state index in [1.807, 2.05) is 30.3 Å². The Morgan fingerprint density at radius 3 is 2.41 bits per heavy atom. The second-order valence-corrected chi connectivity index (χ2v) is 5.29. The van der Waals surface area contributed by atoms with Crippen LogP contribution in [0.3, 0.4) is 0 Å². The van der Waals surface area contributed by atoms with Gasteiger partial charge in [0.1, 0.15) is 6.61 Å². The van der Waals surface area contributed by atoms with Gasteiger partial charge in [-0.3, -0.25) is 0 Å². The van der Waals surface area contributed by atoms with Crippen molar-refractivity contribution in [2.24, 2.45) is 0 Å². The van der Waals surface area contributed by atoms with Crippen molar-refractivity contribution >= 4 is 23.2 Å². The summed E-state index contributed by atoms with van der Waals surface area (Å²) >= 11 is 12.1. The first kappa shape index (κ1) is 14.8. The van der Waals surface area contributed by atoms with Gasteiger partial charge in [0.25, 0.3) is 0 Å². The van der Waals surface area contributed by atoms with Gasteiger partial charge in [0, 0.05) is 5.56 Å². The zero-order chi connectivity index (χ0) is 15.4. The molecule has 0 aliphatic heterocycles. The molecule has 0 saturated carbocycles. The van der Waals surface area contributed by atoms with Gasteiger partial charge >= 0.3 is 0 Å². The molecule has 0 aliphatic rings. The third-order valence-corrected chi connectivity index (χ3v) is 3.54. The summed E-state index contributed by atoms with van der Waals surface area (Å²) in [5.74, 6) is 1.05. The highest BCUT2D eigenvalue weighted by molar-refractivity contribution is 6.37. The predicted molar refractivity (Wildman–Crippen MR) is 85.2 cm³/mol. The van der Waals surface area contributed by atoms with E-state index in [4.69, 9.17) is 27.9 Å². The molecule has 0 aliphatic carbocycles. The summed E-state index contributed by atoms with van der Waals surface area (Å²) in [6, 6.07) is 14.9. The summed E-state index contributed by atoms with van der Waals surface area (Å²) in [5.41, 5.74) is 0.920. The Bertz CT molecular complexity index is 741. The largest absolute Gasteiger partial charge is 0.488 e. The van der Waals surface area contributed by atoms with E-state index in [0.717, 1.165) is 5.56 Å². The maximum Gasteiger partial charge on any atom is 0.204 e. The summed E-state index contributed by atoms with van der Waals surface area (Å²) in [5, 5.41) is 13.3. The molecule has 0 unspecified atom stereocenters. The number of para-hydroxylation sites is 1. The fourth-order valence-corrected chi connectivity index (χ4v) is 2.40. The van der Waals surface area contributed by atoms with E-state index in [1.54, 1.807) is 18.2 Å². The molecule has 0 bridgehead atoms. The average Bonchev–Trinajstić information content (AvgIpc) is 3.00. The normalized spacial score (nSPS) is 10.6. The second-order valence-electron chi connectivity index (χ2n) is 4.47. The van der Waals surface area contributed by atoms with Crippen LogP contribution in [0, 0.1) is 0 Å². The molecule has 7 heteroatoms. The number of benzene rings is 2. The molecular formula is C15H12Cl2N4O. The van der Waals surface area contributed by atoms with Crippen molar-refractivity contribution in [3.05, 3.63) is 58.6 Å². The van der Waals surface area contributed by atoms with Gasteiger partial charge in [-0.05, 0) is 17.3 Å². The lowest BCUT2D eigenvalue weighted by atomic mass is 10.2. The van der Waals surface area contributed by atoms with Gasteiger partial charge in [0.2, 0.25) is 5.82 Å². The standard InChI is InChI=1S/C15H12Cl2N4O/c16-12-7-4-8-13(17)14(12)22-10-9-21-19-15(18-20-21)11-5-2-1-3-6-11/h1-8H,9-10H2. The lowest BCUT2D eigenvalue weighted by molar-refractivity contribution is 0.280. The Morgan fingerprint density at radius 1 is 0.955 bits per heavy atom. The Labute approximate surface area is 137 Å². The summed E-state index contributed by atoms with van der Waals surface area (Å²) in [6.07, 6.45) is 0. The Balaban J connectivity index is 1.62. The molecule has 0 saturated heterocycles. The molecule has 2 aromatic carbocycles. The van der Waals surface area contributed by atoms with Crippen LogP contribution < -0.4 is 4.74 Å². The smallest absolute Gasteiger partial charge is 0.204 e. The number of hydrogen-bond acceptors (Lipinski definition) is 4. The van der Waals surface area contributed by atoms with Crippen LogP contribution in [0.1, 0.15) is 0 Å². The van der Waals surface area contributed by atoms with Gasteiger partial charge in [-0.15, -0.1) is 10.2 Å². The van der Waals surface area contributed by atoms with Gasteiger partial charge in [-0.1, -0.05) is 59.6 Å². The molecule has 0 atom stereocenters. The van der Waals surface area contributed by atoms with Crippen molar-refractivity contribution in [1.29, 1.82) is 0 Å². The number of ether oxygens (including phenoxy) is 1. The minimum Gasteiger partial charge on any atom is -0.488 e. The van der Waals surface area contributed by atoms with E-state index >= 15 is 0 Å². The summed E-state index contributed by atoms with van der Waals surface area (Å²) < 4.78 is 5.59. The maximum atomic E-state index is 6.04. The molecule has 0 radical (unpaired) electrons. The number of nitrogens with zero attached hydrogens (tertiary/aromatic N) is 4. The number of hydrogen-bond donors (Lipinski definition) is 0. The monoisotopic (exact) mass is 334 g/mol. The molecule has 0 fully saturated rings. The van der Waals surface area contributed by atoms with Crippen LogP contribution in [0.4, 0.5) is 0 Å². The third-order valence-electron chi connectivity index (χ3n) is 2.94. The van der Waals surface area contributed by atoms with Crippen LogP contribution in [-0.4, -0.2) is 26.8 Å². The lowest BCUT2D eigenvalue weighted by Gasteiger charge is -2.08. The van der Waals surface area contributed by atoms with Crippen LogP contribution in [0.25, 0.3) is 11.4 Å². The van der Waals surface area contributed by atoms with Crippen LogP contribution >= 0.6 is 23.2 Å². The molecule has 0 amide bonds. The highest BCUT2D eigenvalue weighted by Gasteiger charge is 2.08. The molecular weight excluding hydrogens is 323 g/mol. The van der Waals surface area contributed by atoms with Gasteiger partial charge in [0.15, 0.2) is 5.75 Å². The Morgan fingerprint density at radius 2 is 1.68 bits per heavy atom. The fourth-order valence-electron chi connectivity index (χ4n) is 1.89. The third kappa shape index (κ3) is 3.37. The Hall–Kier alpha value is -2.11. The van der Waals surface area contributed by atoms with Crippen LogP contribution in [0.2, 0.25) is 10.0 Å². The Kier molecular flexibility index (Phi) is 4.56. The van der Waals surface area contributed by atoms with Crippen LogP contribution in [0.5, 0.6) is 5.75 Å². The predicted octanol–water partition coefficient (Wildman–Crippen LogP) is 3.73. The molecule has 1 heterocycles. The zero-order valence-corrected chi connectivity index (χ0v) is 13.0. The maximum absolute atomic E-state index is 6.04. The summed E-state index contributed by atoms with van der Waals surface area (Å²) in [7, 11) is 0. The van der Waals surface area contributed by atoms with E-state index in [9.17, 15) is 0 Å². The van der Waals surface area contributed by atoms with Crippen LogP contribution in [-0.2, 0) is 6.54 Å². The van der Waals surface area contributed by atoms with Gasteiger partial charge in [0.05, 0.1) is 16.6 Å². The van der Waals surface area contributed by atoms with E-state index in [2.05, 4.69) is 15.4 Å². The first-order chi connectivity index (χ1) is 10.7. The fraction of sp³-hybridized carbons (Fsp3) is 0.133. The van der Waals surface area contributed by atoms with Crippen molar-refractivity contribution in [3.63, 3.8) is 0 Å². The molecule has 22 heavy (non-hydrogen) atoms. The van der Waals surface area contributed by atoms with Crippen molar-refractivity contribution < 1.29 is 4.74 Å². The zero-order valence-electron chi connectivity index (χ0n) is 11.5. The number of tetrazole rings is 1. The SMILES string of the molecule is Clc1cccc(Cl)c1OCCn1nnc(-c2ccccc2)n1. The van der Waals surface area contributed by atoms with Crippen LogP contribution in [0.15, 0.2) is 48.5 Å². The van der Waals surface area contributed by atoms with Crippen molar-refractivity contribution in [2.75, 3.05) is 6.61 Å². The van der Waals surface area contributed by atoms with Gasteiger partial charge in [-0.2, -0.15) is 4.80 Å². The first-order valence-corrected chi connectivity index (χ1v) is 7.39. The highest BCUT2D eigenvalue weighted by atomic mass is 35.5. The van der Waals surface area contributed by atoms with E-state index in [1.165, 1.54) is 4.80 Å². The minimum absolute atomic E-state index is 0.341. The first-order valence-electron chi connectivity index (χ1n) is 6.64. The molecule has 1 aromatic heterocycles. The number of rotatable bonds is 5. The van der Waals surface area contributed by atoms with Gasteiger partial charge < -0.3 is 4.74 Å². The topological polar surface area (TPSA) is 52.8 Å². The number of halogens is 2. The number of aromatic nitrogens is 4. The minimum atomic E-state index is 0.341. The average molecular weight is 335 g/mol. The lowest BCUT2D eigenvalue weighted by Crippen LogP contribution is -2.11. The van der Waals surface area contributed by atoms with Crippen molar-refractivity contribution in [2.45, 2.75) is 6.54 Å². The van der Waals surface area contributed by atoms with E-state index in [0.29, 0.717) is 34.8 Å². The molecule has 112 valence electrons. The summed E-state index contributed by atoms with van der Waals surface area (Å²) in [4.78, 5) is 1.48. The summed E-state index contributed by atoms with van der Waals surface area (Å²) in [6.45, 7) is 0.787. The van der Waals surface area contributed by atoms with E-state index < -0.39 is 0 Å². The molecule has 0 N–H and O–H groups in total. The van der Waals surface area contributed by atoms with E-state index in [-0.39, 0.29) is 0 Å². The highest BCUT2D eigenvalue weighted by Crippen LogP contribution is 2.32.